The van der Waals surface area contributed by atoms with Gasteiger partial charge in [-0.2, -0.15) is 4.98 Å². The van der Waals surface area contributed by atoms with Crippen LogP contribution in [-0.2, 0) is 6.54 Å². The van der Waals surface area contributed by atoms with Gasteiger partial charge in [0.25, 0.3) is 0 Å². The van der Waals surface area contributed by atoms with Crippen LogP contribution in [0.3, 0.4) is 0 Å². The first-order valence-electron chi connectivity index (χ1n) is 5.76. The minimum absolute atomic E-state index is 0.517. The Hall–Kier alpha value is -0.900. The van der Waals surface area contributed by atoms with Gasteiger partial charge in [0.05, 0.1) is 6.54 Å². The van der Waals surface area contributed by atoms with Crippen LogP contribution in [-0.4, -0.2) is 17.2 Å². The van der Waals surface area contributed by atoms with Crippen LogP contribution in [0.2, 0.25) is 0 Å². The second-order valence-corrected chi connectivity index (χ2v) is 4.55. The molecule has 1 saturated carbocycles. The number of rotatable bonds is 3. The average molecular weight is 209 g/mol. The lowest BCUT2D eigenvalue weighted by Gasteiger charge is -2.23. The topological polar surface area (TPSA) is 51.0 Å². The van der Waals surface area contributed by atoms with Crippen LogP contribution < -0.4 is 5.32 Å². The monoisotopic (exact) mass is 209 g/mol. The number of nitrogens with one attached hydrogen (secondary N) is 1. The molecule has 0 saturated heterocycles. The van der Waals surface area contributed by atoms with Crippen molar-refractivity contribution in [2.75, 3.05) is 7.05 Å². The number of nitrogens with zero attached hydrogens (tertiary/aromatic N) is 2. The minimum atomic E-state index is 0.517. The molecule has 0 spiro atoms. The summed E-state index contributed by atoms with van der Waals surface area (Å²) in [5.41, 5.74) is 0. The molecule has 1 aromatic heterocycles. The van der Waals surface area contributed by atoms with Gasteiger partial charge in [0.2, 0.25) is 5.89 Å². The van der Waals surface area contributed by atoms with Crippen molar-refractivity contribution in [2.45, 2.75) is 45.1 Å². The maximum Gasteiger partial charge on any atom is 0.240 e. The molecule has 1 heterocycles. The van der Waals surface area contributed by atoms with E-state index in [2.05, 4.69) is 22.4 Å². The number of aromatic nitrogens is 2. The molecule has 4 nitrogen and oxygen atoms in total. The zero-order chi connectivity index (χ0) is 10.7. The molecule has 0 aliphatic heterocycles. The summed E-state index contributed by atoms with van der Waals surface area (Å²) < 4.78 is 5.17. The highest BCUT2D eigenvalue weighted by Crippen LogP contribution is 2.34. The molecule has 1 N–H and O–H groups in total. The fourth-order valence-electron chi connectivity index (χ4n) is 2.33. The van der Waals surface area contributed by atoms with Gasteiger partial charge in [-0.1, -0.05) is 24.9 Å². The predicted molar refractivity (Wildman–Crippen MR) is 57.4 cm³/mol. The summed E-state index contributed by atoms with van der Waals surface area (Å²) in [5.74, 6) is 2.93. The molecule has 1 aromatic rings. The fourth-order valence-corrected chi connectivity index (χ4v) is 2.33. The van der Waals surface area contributed by atoms with Crippen LogP contribution in [0.4, 0.5) is 0 Å². The maximum absolute atomic E-state index is 5.17. The van der Waals surface area contributed by atoms with Crippen LogP contribution in [0.15, 0.2) is 4.52 Å². The summed E-state index contributed by atoms with van der Waals surface area (Å²) in [6.45, 7) is 2.97. The standard InChI is InChI=1S/C11H19N3O/c1-8-4-3-5-9(6-8)11-13-10(7-12-2)15-14-11/h8-9,12H,3-7H2,1-2H3. The third-order valence-electron chi connectivity index (χ3n) is 3.11. The molecule has 1 fully saturated rings. The van der Waals surface area contributed by atoms with Crippen molar-refractivity contribution in [3.8, 4) is 0 Å². The molecule has 2 atom stereocenters. The van der Waals surface area contributed by atoms with E-state index in [0.29, 0.717) is 18.4 Å². The van der Waals surface area contributed by atoms with E-state index in [4.69, 9.17) is 4.52 Å². The molecule has 4 heteroatoms. The van der Waals surface area contributed by atoms with E-state index in [-0.39, 0.29) is 0 Å². The van der Waals surface area contributed by atoms with Gasteiger partial charge in [-0.05, 0) is 25.8 Å². The summed E-state index contributed by atoms with van der Waals surface area (Å²) in [6, 6.07) is 0. The van der Waals surface area contributed by atoms with E-state index in [1.165, 1.54) is 25.7 Å². The first-order chi connectivity index (χ1) is 7.29. The van der Waals surface area contributed by atoms with Gasteiger partial charge < -0.3 is 9.84 Å². The molecular formula is C11H19N3O. The van der Waals surface area contributed by atoms with Crippen molar-refractivity contribution in [2.24, 2.45) is 5.92 Å². The van der Waals surface area contributed by atoms with Crippen LogP contribution in [0.1, 0.15) is 50.2 Å². The summed E-state index contributed by atoms with van der Waals surface area (Å²) in [6.07, 6.45) is 5.06. The van der Waals surface area contributed by atoms with E-state index in [9.17, 15) is 0 Å². The lowest BCUT2D eigenvalue weighted by atomic mass is 9.82. The molecule has 84 valence electrons. The van der Waals surface area contributed by atoms with Crippen LogP contribution >= 0.6 is 0 Å². The number of hydrogen-bond donors (Lipinski definition) is 1. The molecule has 2 unspecified atom stereocenters. The zero-order valence-electron chi connectivity index (χ0n) is 9.49. The van der Waals surface area contributed by atoms with E-state index in [1.54, 1.807) is 0 Å². The first kappa shape index (κ1) is 10.6. The van der Waals surface area contributed by atoms with E-state index >= 15 is 0 Å². The molecule has 15 heavy (non-hydrogen) atoms. The summed E-state index contributed by atoms with van der Waals surface area (Å²) >= 11 is 0. The van der Waals surface area contributed by atoms with E-state index in [1.807, 2.05) is 7.05 Å². The normalized spacial score (nSPS) is 26.8. The van der Waals surface area contributed by atoms with Crippen LogP contribution in [0.25, 0.3) is 0 Å². The minimum Gasteiger partial charge on any atom is -0.338 e. The molecule has 2 rings (SSSR count). The quantitative estimate of drug-likeness (QED) is 0.828. The van der Waals surface area contributed by atoms with E-state index in [0.717, 1.165) is 11.7 Å². The molecular weight excluding hydrogens is 190 g/mol. The Balaban J connectivity index is 2.01. The second-order valence-electron chi connectivity index (χ2n) is 4.55. The van der Waals surface area contributed by atoms with Gasteiger partial charge in [-0.3, -0.25) is 0 Å². The van der Waals surface area contributed by atoms with Gasteiger partial charge in [0.15, 0.2) is 5.82 Å². The van der Waals surface area contributed by atoms with Crippen molar-refractivity contribution in [1.29, 1.82) is 0 Å². The lowest BCUT2D eigenvalue weighted by molar-refractivity contribution is 0.319. The van der Waals surface area contributed by atoms with Crippen molar-refractivity contribution >= 4 is 0 Å². The van der Waals surface area contributed by atoms with Crippen LogP contribution in [0, 0.1) is 5.92 Å². The first-order valence-corrected chi connectivity index (χ1v) is 5.76. The van der Waals surface area contributed by atoms with Crippen molar-refractivity contribution in [1.82, 2.24) is 15.5 Å². The van der Waals surface area contributed by atoms with Crippen molar-refractivity contribution in [3.05, 3.63) is 11.7 Å². The SMILES string of the molecule is CNCc1nc(C2CCCC(C)C2)no1. The highest BCUT2D eigenvalue weighted by atomic mass is 16.5. The Kier molecular flexibility index (Phi) is 3.36. The van der Waals surface area contributed by atoms with Crippen molar-refractivity contribution in [3.63, 3.8) is 0 Å². The summed E-state index contributed by atoms with van der Waals surface area (Å²) in [5, 5.41) is 7.08. The number of hydrogen-bond acceptors (Lipinski definition) is 4. The predicted octanol–water partition coefficient (Wildman–Crippen LogP) is 2.08. The Morgan fingerprint density at radius 1 is 1.47 bits per heavy atom. The fraction of sp³-hybridized carbons (Fsp3) is 0.818. The Morgan fingerprint density at radius 3 is 3.07 bits per heavy atom. The highest BCUT2D eigenvalue weighted by molar-refractivity contribution is 4.97. The third kappa shape index (κ3) is 2.56. The maximum atomic E-state index is 5.17. The lowest BCUT2D eigenvalue weighted by Crippen LogP contribution is -2.13. The second kappa shape index (κ2) is 4.75. The zero-order valence-corrected chi connectivity index (χ0v) is 9.49. The largest absolute Gasteiger partial charge is 0.338 e. The molecule has 1 aliphatic carbocycles. The van der Waals surface area contributed by atoms with Gasteiger partial charge in [-0.15, -0.1) is 0 Å². The summed E-state index contributed by atoms with van der Waals surface area (Å²) in [4.78, 5) is 4.42. The van der Waals surface area contributed by atoms with Gasteiger partial charge in [-0.25, -0.2) is 0 Å². The van der Waals surface area contributed by atoms with Gasteiger partial charge in [0, 0.05) is 5.92 Å². The Labute approximate surface area is 90.4 Å². The smallest absolute Gasteiger partial charge is 0.240 e. The van der Waals surface area contributed by atoms with Gasteiger partial charge >= 0.3 is 0 Å². The average Bonchev–Trinajstić information content (AvgIpc) is 2.67. The van der Waals surface area contributed by atoms with E-state index < -0.39 is 0 Å². The summed E-state index contributed by atoms with van der Waals surface area (Å²) in [7, 11) is 1.88. The molecule has 0 amide bonds. The third-order valence-corrected chi connectivity index (χ3v) is 3.11. The van der Waals surface area contributed by atoms with Gasteiger partial charge in [0.1, 0.15) is 0 Å². The molecule has 0 aromatic carbocycles. The molecule has 1 aliphatic rings. The molecule has 0 bridgehead atoms. The highest BCUT2D eigenvalue weighted by Gasteiger charge is 2.24. The van der Waals surface area contributed by atoms with Crippen LogP contribution in [0.5, 0.6) is 0 Å². The van der Waals surface area contributed by atoms with Crippen molar-refractivity contribution < 1.29 is 4.52 Å². The Morgan fingerprint density at radius 2 is 2.33 bits per heavy atom. The Bertz CT molecular complexity index is 311. The molecule has 0 radical (unpaired) electrons.